The van der Waals surface area contributed by atoms with E-state index in [0.717, 1.165) is 53.0 Å². The van der Waals surface area contributed by atoms with Crippen LogP contribution in [0, 0.1) is 0 Å². The molecule has 1 unspecified atom stereocenters. The van der Waals surface area contributed by atoms with Gasteiger partial charge in [0.05, 0.1) is 19.8 Å². The van der Waals surface area contributed by atoms with E-state index in [1.807, 2.05) is 54.6 Å². The van der Waals surface area contributed by atoms with Gasteiger partial charge in [-0.1, -0.05) is 49.2 Å². The van der Waals surface area contributed by atoms with Gasteiger partial charge in [-0.15, -0.1) is 23.1 Å². The molecule has 0 saturated carbocycles. The Bertz CT molecular complexity index is 1580. The third-order valence-corrected chi connectivity index (χ3v) is 9.79. The number of aryl methyl sites for hydroxylation is 1. The van der Waals surface area contributed by atoms with Crippen molar-refractivity contribution in [2.24, 2.45) is 0 Å². The average molecular weight is 615 g/mol. The Morgan fingerprint density at radius 1 is 0.837 bits per heavy atom. The van der Waals surface area contributed by atoms with Crippen LogP contribution in [0.1, 0.15) is 67.7 Å². The lowest BCUT2D eigenvalue weighted by Gasteiger charge is -2.18. The highest BCUT2D eigenvalue weighted by atomic mass is 32.2. The maximum atomic E-state index is 14.0. The first kappa shape index (κ1) is 30.4. The number of anilines is 2. The summed E-state index contributed by atoms with van der Waals surface area (Å²) in [6.45, 7) is 0. The van der Waals surface area contributed by atoms with Crippen molar-refractivity contribution in [3.05, 3.63) is 106 Å². The molecule has 222 valence electrons. The maximum absolute atomic E-state index is 14.0. The molecule has 2 N–H and O–H groups in total. The number of benzene rings is 3. The van der Waals surface area contributed by atoms with Crippen LogP contribution in [0.25, 0.3) is 0 Å². The SMILES string of the molecule is COC(=O)c1c(NC(=O)C(Sc2cccc(NC(=O)c3ccc(OC)cc3)c2)c2ccccc2)sc2c1CCCCCC2. The van der Waals surface area contributed by atoms with Crippen molar-refractivity contribution in [1.82, 2.24) is 0 Å². The van der Waals surface area contributed by atoms with Gasteiger partial charge in [0.1, 0.15) is 16.0 Å². The third kappa shape index (κ3) is 7.47. The van der Waals surface area contributed by atoms with Crippen LogP contribution in [0.15, 0.2) is 83.8 Å². The van der Waals surface area contributed by atoms with Crippen molar-refractivity contribution in [1.29, 1.82) is 0 Å². The van der Waals surface area contributed by atoms with Crippen LogP contribution in [0.2, 0.25) is 0 Å². The van der Waals surface area contributed by atoms with Gasteiger partial charge in [-0.05, 0) is 79.3 Å². The molecular formula is C34H34N2O5S2. The Morgan fingerprint density at radius 2 is 1.58 bits per heavy atom. The molecule has 0 saturated heterocycles. The van der Waals surface area contributed by atoms with Crippen LogP contribution >= 0.6 is 23.1 Å². The summed E-state index contributed by atoms with van der Waals surface area (Å²) in [5, 5.41) is 5.98. The standard InChI is InChI=1S/C34H34N2O5S2/c1-40-25-19-17-23(18-20-25)31(37)35-24-13-10-14-26(21-24)42-30(22-11-6-5-7-12-22)32(38)36-33-29(34(39)41-2)27-15-8-3-4-9-16-28(27)43-33/h5-7,10-14,17-21,30H,3-4,8-9,15-16H2,1-2H3,(H,35,37)(H,36,38). The molecule has 0 aliphatic heterocycles. The Morgan fingerprint density at radius 3 is 2.30 bits per heavy atom. The Hall–Kier alpha value is -4.08. The smallest absolute Gasteiger partial charge is 0.341 e. The lowest BCUT2D eigenvalue weighted by Crippen LogP contribution is -2.20. The zero-order valence-corrected chi connectivity index (χ0v) is 25.8. The molecule has 3 aromatic carbocycles. The van der Waals surface area contributed by atoms with Crippen LogP contribution in [0.3, 0.4) is 0 Å². The fraction of sp³-hybridized carbons (Fsp3) is 0.265. The molecule has 1 aliphatic rings. The molecule has 0 radical (unpaired) electrons. The number of hydrogen-bond donors (Lipinski definition) is 2. The van der Waals surface area contributed by atoms with E-state index in [4.69, 9.17) is 9.47 Å². The number of ether oxygens (including phenoxy) is 2. The summed E-state index contributed by atoms with van der Waals surface area (Å²) >= 11 is 2.87. The maximum Gasteiger partial charge on any atom is 0.341 e. The predicted molar refractivity (Wildman–Crippen MR) is 173 cm³/mol. The molecule has 0 spiro atoms. The van der Waals surface area contributed by atoms with Gasteiger partial charge in [0.15, 0.2) is 0 Å². The summed E-state index contributed by atoms with van der Waals surface area (Å²) in [4.78, 5) is 41.7. The minimum absolute atomic E-state index is 0.233. The summed E-state index contributed by atoms with van der Waals surface area (Å²) in [7, 11) is 2.96. The van der Waals surface area contributed by atoms with Crippen molar-refractivity contribution in [3.63, 3.8) is 0 Å². The molecule has 4 aromatic rings. The second kappa shape index (κ2) is 14.4. The lowest BCUT2D eigenvalue weighted by atomic mass is 9.96. The number of thioether (sulfide) groups is 1. The number of carbonyl (C=O) groups is 3. The summed E-state index contributed by atoms with van der Waals surface area (Å²) < 4.78 is 10.3. The van der Waals surface area contributed by atoms with Crippen molar-refractivity contribution in [2.75, 3.05) is 24.9 Å². The fourth-order valence-corrected chi connectivity index (χ4v) is 7.50. The normalized spacial score (nSPS) is 13.5. The van der Waals surface area contributed by atoms with E-state index in [1.54, 1.807) is 31.4 Å². The van der Waals surface area contributed by atoms with E-state index in [-0.39, 0.29) is 11.8 Å². The number of hydrogen-bond acceptors (Lipinski definition) is 7. The number of thiophene rings is 1. The zero-order chi connectivity index (χ0) is 30.2. The first-order valence-corrected chi connectivity index (χ1v) is 16.0. The highest BCUT2D eigenvalue weighted by molar-refractivity contribution is 8.00. The number of methoxy groups -OCH3 is 2. The number of esters is 1. The van der Waals surface area contributed by atoms with Crippen LogP contribution < -0.4 is 15.4 Å². The predicted octanol–water partition coefficient (Wildman–Crippen LogP) is 7.93. The number of rotatable bonds is 9. The number of amides is 2. The van der Waals surface area contributed by atoms with Crippen molar-refractivity contribution in [2.45, 2.75) is 48.7 Å². The van der Waals surface area contributed by atoms with Gasteiger partial charge in [-0.2, -0.15) is 0 Å². The van der Waals surface area contributed by atoms with E-state index in [2.05, 4.69) is 10.6 Å². The topological polar surface area (TPSA) is 93.7 Å². The van der Waals surface area contributed by atoms with E-state index in [1.165, 1.54) is 36.6 Å². The Kier molecular flexibility index (Phi) is 10.2. The van der Waals surface area contributed by atoms with Gasteiger partial charge in [0.2, 0.25) is 5.91 Å². The fourth-order valence-electron chi connectivity index (χ4n) is 5.13. The van der Waals surface area contributed by atoms with Crippen molar-refractivity contribution < 1.29 is 23.9 Å². The molecule has 9 heteroatoms. The number of fused-ring (bicyclic) bond motifs is 1. The van der Waals surface area contributed by atoms with Gasteiger partial charge in [-0.25, -0.2) is 4.79 Å². The highest BCUT2D eigenvalue weighted by Gasteiger charge is 2.29. The first-order valence-electron chi connectivity index (χ1n) is 14.3. The van der Waals surface area contributed by atoms with Gasteiger partial charge in [0.25, 0.3) is 5.91 Å². The molecule has 1 heterocycles. The summed E-state index contributed by atoms with van der Waals surface area (Å²) in [5.41, 5.74) is 3.44. The molecule has 2 amide bonds. The van der Waals surface area contributed by atoms with E-state index in [0.29, 0.717) is 27.6 Å². The quantitative estimate of drug-likeness (QED) is 0.147. The van der Waals surface area contributed by atoms with Gasteiger partial charge in [-0.3, -0.25) is 9.59 Å². The van der Waals surface area contributed by atoms with E-state index >= 15 is 0 Å². The largest absolute Gasteiger partial charge is 0.497 e. The molecular weight excluding hydrogens is 581 g/mol. The minimum Gasteiger partial charge on any atom is -0.497 e. The Balaban J connectivity index is 1.39. The number of nitrogens with one attached hydrogen (secondary N) is 2. The average Bonchev–Trinajstić information content (AvgIpc) is 3.35. The molecule has 1 aliphatic carbocycles. The number of carbonyl (C=O) groups excluding carboxylic acids is 3. The first-order chi connectivity index (χ1) is 21.0. The van der Waals surface area contributed by atoms with Gasteiger partial charge >= 0.3 is 5.97 Å². The second-order valence-electron chi connectivity index (χ2n) is 10.2. The molecule has 43 heavy (non-hydrogen) atoms. The highest BCUT2D eigenvalue weighted by Crippen LogP contribution is 2.41. The molecule has 1 atom stereocenters. The molecule has 1 aromatic heterocycles. The summed E-state index contributed by atoms with van der Waals surface area (Å²) in [6.07, 6.45) is 6.07. The zero-order valence-electron chi connectivity index (χ0n) is 24.2. The van der Waals surface area contributed by atoms with Crippen LogP contribution in [-0.2, 0) is 22.4 Å². The third-order valence-electron chi connectivity index (χ3n) is 7.34. The van der Waals surface area contributed by atoms with Gasteiger partial charge < -0.3 is 20.1 Å². The monoisotopic (exact) mass is 614 g/mol. The molecule has 0 bridgehead atoms. The summed E-state index contributed by atoms with van der Waals surface area (Å²) in [5.74, 6) is -0.223. The van der Waals surface area contributed by atoms with Crippen molar-refractivity contribution >= 4 is 51.6 Å². The van der Waals surface area contributed by atoms with Crippen molar-refractivity contribution in [3.8, 4) is 5.75 Å². The van der Waals surface area contributed by atoms with Crippen LogP contribution in [0.4, 0.5) is 10.7 Å². The second-order valence-corrected chi connectivity index (χ2v) is 12.5. The molecule has 7 nitrogen and oxygen atoms in total. The van der Waals surface area contributed by atoms with Gasteiger partial charge in [0, 0.05) is 21.0 Å². The van der Waals surface area contributed by atoms with E-state index < -0.39 is 11.2 Å². The lowest BCUT2D eigenvalue weighted by molar-refractivity contribution is -0.115. The van der Waals surface area contributed by atoms with E-state index in [9.17, 15) is 14.4 Å². The molecule has 0 fully saturated rings. The Labute approximate surface area is 260 Å². The summed E-state index contributed by atoms with van der Waals surface area (Å²) in [6, 6.07) is 23.9. The van der Waals surface area contributed by atoms with Crippen LogP contribution in [-0.4, -0.2) is 32.0 Å². The minimum atomic E-state index is -0.607. The molecule has 5 rings (SSSR count). The van der Waals surface area contributed by atoms with Crippen LogP contribution in [0.5, 0.6) is 5.75 Å².